The molecule has 0 atom stereocenters. The molecule has 0 unspecified atom stereocenters. The number of aromatic nitrogens is 3. The highest BCUT2D eigenvalue weighted by Gasteiger charge is 2.70. The van der Waals surface area contributed by atoms with Crippen LogP contribution in [0, 0.1) is 11.8 Å². The van der Waals surface area contributed by atoms with E-state index in [-0.39, 0.29) is 5.41 Å². The maximum Gasteiger partial charge on any atom is 0.290 e. The quantitative estimate of drug-likeness (QED) is 0.174. The zero-order valence-corrected chi connectivity index (χ0v) is 31.7. The van der Waals surface area contributed by atoms with Crippen LogP contribution in [-0.2, 0) is 24.7 Å². The fourth-order valence-corrected chi connectivity index (χ4v) is 9.86. The van der Waals surface area contributed by atoms with Gasteiger partial charge >= 0.3 is 0 Å². The van der Waals surface area contributed by atoms with E-state index >= 15 is 0 Å². The highest BCUT2D eigenvalue weighted by Crippen LogP contribution is 2.57. The van der Waals surface area contributed by atoms with Crippen LogP contribution in [0.5, 0.6) is 0 Å². The first kappa shape index (κ1) is 32.4. The summed E-state index contributed by atoms with van der Waals surface area (Å²) in [7, 11) is 2.27. The molecule has 1 fully saturated rings. The average molecular weight is 653 g/mol. The molecule has 2 aliphatic heterocycles. The first-order chi connectivity index (χ1) is 23.2. The summed E-state index contributed by atoms with van der Waals surface area (Å²) in [5.41, 5.74) is 10.4. The number of nitrogens with zero attached hydrogens (tertiary/aromatic N) is 5. The zero-order chi connectivity index (χ0) is 34.9. The SMILES string of the molecule is CC(C)Cc1c2ccccc2cc2c1c1nc[n+]3c(c1n2C)-c1cc(C(C)(C)C)c2ccccc2c1C31N(C(C)C)C(C(C)C)N1C(C)C. The van der Waals surface area contributed by atoms with E-state index in [2.05, 4.69) is 169 Å². The Bertz CT molecular complexity index is 2280. The maximum atomic E-state index is 5.53. The molecule has 6 aromatic rings. The van der Waals surface area contributed by atoms with Crippen molar-refractivity contribution in [2.45, 2.75) is 112 Å². The summed E-state index contributed by atoms with van der Waals surface area (Å²) < 4.78 is 5.05. The molecular formula is C44H54N5+. The molecule has 0 bridgehead atoms. The highest BCUT2D eigenvalue weighted by atomic mass is 15.7. The van der Waals surface area contributed by atoms with E-state index in [0.29, 0.717) is 30.1 Å². The van der Waals surface area contributed by atoms with Gasteiger partial charge in [0, 0.05) is 24.7 Å². The first-order valence-electron chi connectivity index (χ1n) is 18.6. The van der Waals surface area contributed by atoms with Crippen LogP contribution >= 0.6 is 0 Å². The fraction of sp³-hybridized carbons (Fsp3) is 0.455. The largest absolute Gasteiger partial charge is 0.337 e. The van der Waals surface area contributed by atoms with E-state index in [4.69, 9.17) is 4.98 Å². The molecule has 0 N–H and O–H groups in total. The molecule has 254 valence electrons. The van der Waals surface area contributed by atoms with Crippen molar-refractivity contribution in [1.29, 1.82) is 0 Å². The van der Waals surface area contributed by atoms with Gasteiger partial charge in [0.15, 0.2) is 5.69 Å². The van der Waals surface area contributed by atoms with Crippen LogP contribution in [0.3, 0.4) is 0 Å². The first-order valence-corrected chi connectivity index (χ1v) is 18.6. The molecule has 1 spiro atoms. The van der Waals surface area contributed by atoms with Gasteiger partial charge in [-0.1, -0.05) is 97.0 Å². The van der Waals surface area contributed by atoms with Crippen LogP contribution in [0.25, 0.3) is 54.7 Å². The van der Waals surface area contributed by atoms with Crippen molar-refractivity contribution >= 4 is 43.5 Å². The molecule has 1 saturated heterocycles. The summed E-state index contributed by atoms with van der Waals surface area (Å²) in [6.45, 7) is 26.1. The molecule has 4 aromatic carbocycles. The van der Waals surface area contributed by atoms with Gasteiger partial charge in [-0.2, -0.15) is 4.57 Å². The summed E-state index contributed by atoms with van der Waals surface area (Å²) in [5.74, 6) is 0.491. The van der Waals surface area contributed by atoms with Crippen molar-refractivity contribution < 1.29 is 4.57 Å². The van der Waals surface area contributed by atoms with E-state index in [1.54, 1.807) is 0 Å². The van der Waals surface area contributed by atoms with Crippen molar-refractivity contribution in [2.75, 3.05) is 0 Å². The highest BCUT2D eigenvalue weighted by molar-refractivity contribution is 6.16. The van der Waals surface area contributed by atoms with E-state index in [0.717, 1.165) is 11.9 Å². The Morgan fingerprint density at radius 2 is 1.43 bits per heavy atom. The second kappa shape index (κ2) is 10.8. The maximum absolute atomic E-state index is 5.53. The lowest BCUT2D eigenvalue weighted by Crippen LogP contribution is -2.90. The molecule has 0 aliphatic carbocycles. The Morgan fingerprint density at radius 3 is 2.02 bits per heavy atom. The lowest BCUT2D eigenvalue weighted by Gasteiger charge is -2.66. The van der Waals surface area contributed by atoms with E-state index in [1.807, 2.05) is 0 Å². The van der Waals surface area contributed by atoms with E-state index in [1.165, 1.54) is 65.9 Å². The third-order valence-electron chi connectivity index (χ3n) is 11.5. The van der Waals surface area contributed by atoms with Crippen molar-refractivity contribution in [3.05, 3.63) is 83.7 Å². The normalized spacial score (nSPS) is 20.0. The Hall–Kier alpha value is -3.80. The molecule has 0 amide bonds. The van der Waals surface area contributed by atoms with Crippen molar-refractivity contribution in [2.24, 2.45) is 18.9 Å². The van der Waals surface area contributed by atoms with E-state index in [9.17, 15) is 0 Å². The molecule has 4 heterocycles. The molecule has 0 saturated carbocycles. The van der Waals surface area contributed by atoms with Gasteiger partial charge in [-0.15, -0.1) is 0 Å². The minimum Gasteiger partial charge on any atom is -0.337 e. The molecular weight excluding hydrogens is 599 g/mol. The third kappa shape index (κ3) is 4.18. The van der Waals surface area contributed by atoms with Gasteiger partial charge in [0.05, 0.1) is 22.6 Å². The number of hydrogen-bond donors (Lipinski definition) is 0. The lowest BCUT2D eigenvalue weighted by atomic mass is 9.78. The van der Waals surface area contributed by atoms with Crippen LogP contribution in [0.1, 0.15) is 92.9 Å². The fourth-order valence-electron chi connectivity index (χ4n) is 9.86. The van der Waals surface area contributed by atoms with Gasteiger partial charge in [-0.05, 0) is 101 Å². The zero-order valence-electron chi connectivity index (χ0n) is 31.7. The second-order valence-corrected chi connectivity index (χ2v) is 17.2. The van der Waals surface area contributed by atoms with Crippen LogP contribution in [0.2, 0.25) is 0 Å². The van der Waals surface area contributed by atoms with Gasteiger partial charge < -0.3 is 4.57 Å². The summed E-state index contributed by atoms with van der Waals surface area (Å²) in [5, 5.41) is 6.66. The number of aryl methyl sites for hydroxylation is 1. The van der Waals surface area contributed by atoms with Crippen LogP contribution in [0.15, 0.2) is 67.0 Å². The summed E-state index contributed by atoms with van der Waals surface area (Å²) in [6, 6.07) is 23.7. The third-order valence-corrected chi connectivity index (χ3v) is 11.5. The molecule has 0 radical (unpaired) electrons. The van der Waals surface area contributed by atoms with Gasteiger partial charge in [0.1, 0.15) is 5.52 Å². The molecule has 2 aromatic heterocycles. The van der Waals surface area contributed by atoms with Gasteiger partial charge in [-0.3, -0.25) is 0 Å². The Labute approximate surface area is 292 Å². The van der Waals surface area contributed by atoms with E-state index < -0.39 is 5.79 Å². The number of hydrogen-bond acceptors (Lipinski definition) is 3. The number of rotatable bonds is 5. The average Bonchev–Trinajstić information content (AvgIpc) is 3.48. The molecule has 8 rings (SSSR count). The molecule has 5 nitrogen and oxygen atoms in total. The molecule has 5 heteroatoms. The second-order valence-electron chi connectivity index (χ2n) is 17.2. The predicted octanol–water partition coefficient (Wildman–Crippen LogP) is 9.87. The van der Waals surface area contributed by atoms with Gasteiger partial charge in [0.2, 0.25) is 5.52 Å². The summed E-state index contributed by atoms with van der Waals surface area (Å²) in [4.78, 5) is 11.1. The lowest BCUT2D eigenvalue weighted by molar-refractivity contribution is -0.821. The Morgan fingerprint density at radius 1 is 0.816 bits per heavy atom. The number of benzene rings is 4. The smallest absolute Gasteiger partial charge is 0.290 e. The topological polar surface area (TPSA) is 28.2 Å². The summed E-state index contributed by atoms with van der Waals surface area (Å²) in [6.07, 6.45) is 3.53. The minimum atomic E-state index is -0.499. The number of fused-ring (bicyclic) bond motifs is 12. The van der Waals surface area contributed by atoms with Crippen molar-refractivity contribution in [1.82, 2.24) is 19.4 Å². The van der Waals surface area contributed by atoms with Gasteiger partial charge in [-0.25, -0.2) is 9.80 Å². The minimum absolute atomic E-state index is 0.0298. The predicted molar refractivity (Wildman–Crippen MR) is 206 cm³/mol. The monoisotopic (exact) mass is 652 g/mol. The molecule has 2 aliphatic rings. The van der Waals surface area contributed by atoms with Crippen molar-refractivity contribution in [3.8, 4) is 11.3 Å². The van der Waals surface area contributed by atoms with Crippen LogP contribution in [0.4, 0.5) is 0 Å². The van der Waals surface area contributed by atoms with Crippen LogP contribution < -0.4 is 4.57 Å². The van der Waals surface area contributed by atoms with Crippen molar-refractivity contribution in [3.63, 3.8) is 0 Å². The Balaban J connectivity index is 1.61. The standard InChI is InChI=1S/C44H54N5/c1-25(2)21-33-30-18-14-13-17-29(30)22-36-37(33)39-41(46(36)12)40-34-23-35(43(9,10)11)31-19-15-16-20-32(31)38(34)44(47(40)24-45-39)48(27(5)6)42(26(3)4)49(44)28(7)8/h13-20,22-28,42H,21H2,1-12H3/q+1. The van der Waals surface area contributed by atoms with Gasteiger partial charge in [0.25, 0.3) is 12.1 Å². The Kier molecular flexibility index (Phi) is 7.17. The summed E-state index contributed by atoms with van der Waals surface area (Å²) >= 11 is 0. The molecule has 49 heavy (non-hydrogen) atoms. The van der Waals surface area contributed by atoms with Crippen LogP contribution in [-0.4, -0.2) is 37.6 Å².